The van der Waals surface area contributed by atoms with Gasteiger partial charge in [0.05, 0.1) is 0 Å². The number of rotatable bonds is 8. The SMILES string of the molecule is CCN(Cc1ccc(OCCN2CCC2)cc1)c1ccccc1. The number of hydrogen-bond donors (Lipinski definition) is 0. The van der Waals surface area contributed by atoms with E-state index in [9.17, 15) is 0 Å². The Kier molecular flexibility index (Phi) is 5.54. The second-order valence-electron chi connectivity index (χ2n) is 6.04. The molecule has 1 saturated heterocycles. The van der Waals surface area contributed by atoms with Gasteiger partial charge in [0.15, 0.2) is 0 Å². The molecule has 2 aromatic carbocycles. The molecule has 3 heteroatoms. The maximum Gasteiger partial charge on any atom is 0.119 e. The summed E-state index contributed by atoms with van der Waals surface area (Å²) < 4.78 is 5.83. The van der Waals surface area contributed by atoms with Crippen LogP contribution in [0.2, 0.25) is 0 Å². The maximum absolute atomic E-state index is 5.83. The Labute approximate surface area is 139 Å². The lowest BCUT2D eigenvalue weighted by atomic mass is 10.2. The lowest BCUT2D eigenvalue weighted by Crippen LogP contribution is -2.39. The highest BCUT2D eigenvalue weighted by Gasteiger charge is 2.12. The topological polar surface area (TPSA) is 15.7 Å². The highest BCUT2D eigenvalue weighted by molar-refractivity contribution is 5.46. The minimum atomic E-state index is 0.782. The van der Waals surface area contributed by atoms with Gasteiger partial charge in [-0.1, -0.05) is 30.3 Å². The zero-order chi connectivity index (χ0) is 15.9. The van der Waals surface area contributed by atoms with Crippen LogP contribution in [0.4, 0.5) is 5.69 Å². The summed E-state index contributed by atoms with van der Waals surface area (Å²) in [7, 11) is 0. The van der Waals surface area contributed by atoms with Crippen LogP contribution >= 0.6 is 0 Å². The number of ether oxygens (including phenoxy) is 1. The van der Waals surface area contributed by atoms with Crippen LogP contribution in [-0.2, 0) is 6.54 Å². The van der Waals surface area contributed by atoms with Gasteiger partial charge in [-0.3, -0.25) is 4.90 Å². The van der Waals surface area contributed by atoms with E-state index in [1.165, 1.54) is 30.8 Å². The van der Waals surface area contributed by atoms with E-state index < -0.39 is 0 Å². The zero-order valence-electron chi connectivity index (χ0n) is 13.9. The molecule has 1 heterocycles. The van der Waals surface area contributed by atoms with Gasteiger partial charge < -0.3 is 9.64 Å². The number of benzene rings is 2. The highest BCUT2D eigenvalue weighted by atomic mass is 16.5. The Morgan fingerprint density at radius 1 is 1.00 bits per heavy atom. The minimum absolute atomic E-state index is 0.782. The molecule has 1 aliphatic heterocycles. The monoisotopic (exact) mass is 310 g/mol. The maximum atomic E-state index is 5.83. The van der Waals surface area contributed by atoms with E-state index in [0.717, 1.165) is 32.0 Å². The van der Waals surface area contributed by atoms with E-state index in [0.29, 0.717) is 0 Å². The van der Waals surface area contributed by atoms with Crippen LogP contribution in [0, 0.1) is 0 Å². The van der Waals surface area contributed by atoms with Crippen molar-refractivity contribution in [2.75, 3.05) is 37.7 Å². The number of likely N-dealkylation sites (tertiary alicyclic amines) is 1. The van der Waals surface area contributed by atoms with Gasteiger partial charge in [0.1, 0.15) is 12.4 Å². The molecule has 0 unspecified atom stereocenters. The molecule has 2 aromatic rings. The van der Waals surface area contributed by atoms with Crippen molar-refractivity contribution >= 4 is 5.69 Å². The first-order chi connectivity index (χ1) is 11.3. The lowest BCUT2D eigenvalue weighted by molar-refractivity contribution is 0.147. The predicted octanol–water partition coefficient (Wildman–Crippen LogP) is 3.80. The number of nitrogens with zero attached hydrogens (tertiary/aromatic N) is 2. The lowest BCUT2D eigenvalue weighted by Gasteiger charge is -2.30. The van der Waals surface area contributed by atoms with E-state index in [2.05, 4.69) is 71.3 Å². The Hall–Kier alpha value is -2.00. The Bertz CT molecular complexity index is 578. The number of hydrogen-bond acceptors (Lipinski definition) is 3. The van der Waals surface area contributed by atoms with Gasteiger partial charge in [-0.05, 0) is 56.3 Å². The summed E-state index contributed by atoms with van der Waals surface area (Å²) in [5.41, 5.74) is 2.58. The third-order valence-electron chi connectivity index (χ3n) is 4.42. The van der Waals surface area contributed by atoms with E-state index in [4.69, 9.17) is 4.74 Å². The standard InChI is InChI=1S/C20H26N2O/c1-2-22(19-7-4-3-5-8-19)17-18-9-11-20(12-10-18)23-16-15-21-13-6-14-21/h3-5,7-12H,2,6,13-17H2,1H3. The molecular weight excluding hydrogens is 284 g/mol. The second kappa shape index (κ2) is 8.02. The molecule has 0 N–H and O–H groups in total. The van der Waals surface area contributed by atoms with Gasteiger partial charge in [0.25, 0.3) is 0 Å². The van der Waals surface area contributed by atoms with Crippen LogP contribution in [0.3, 0.4) is 0 Å². The molecule has 0 atom stereocenters. The Balaban J connectivity index is 1.51. The van der Waals surface area contributed by atoms with Crippen molar-refractivity contribution in [2.24, 2.45) is 0 Å². The quantitative estimate of drug-likeness (QED) is 0.737. The van der Waals surface area contributed by atoms with Crippen molar-refractivity contribution in [3.63, 3.8) is 0 Å². The molecule has 1 fully saturated rings. The average molecular weight is 310 g/mol. The molecule has 0 aromatic heterocycles. The van der Waals surface area contributed by atoms with Gasteiger partial charge in [-0.25, -0.2) is 0 Å². The van der Waals surface area contributed by atoms with Crippen LogP contribution in [-0.4, -0.2) is 37.7 Å². The normalized spacial score (nSPS) is 14.3. The minimum Gasteiger partial charge on any atom is -0.492 e. The van der Waals surface area contributed by atoms with Crippen molar-refractivity contribution in [3.05, 3.63) is 60.2 Å². The zero-order valence-corrected chi connectivity index (χ0v) is 13.9. The van der Waals surface area contributed by atoms with E-state index >= 15 is 0 Å². The molecule has 0 bridgehead atoms. The third kappa shape index (κ3) is 4.49. The summed E-state index contributed by atoms with van der Waals surface area (Å²) >= 11 is 0. The van der Waals surface area contributed by atoms with Crippen LogP contribution in [0.15, 0.2) is 54.6 Å². The summed E-state index contributed by atoms with van der Waals surface area (Å²) in [6.45, 7) is 8.40. The summed E-state index contributed by atoms with van der Waals surface area (Å²) in [5.74, 6) is 0.969. The summed E-state index contributed by atoms with van der Waals surface area (Å²) in [6.07, 6.45) is 1.34. The molecule has 122 valence electrons. The molecule has 3 nitrogen and oxygen atoms in total. The summed E-state index contributed by atoms with van der Waals surface area (Å²) in [4.78, 5) is 4.80. The van der Waals surface area contributed by atoms with Crippen LogP contribution in [0.25, 0.3) is 0 Å². The molecule has 0 saturated carbocycles. The van der Waals surface area contributed by atoms with Crippen LogP contribution in [0.5, 0.6) is 5.75 Å². The fourth-order valence-electron chi connectivity index (χ4n) is 2.83. The van der Waals surface area contributed by atoms with Gasteiger partial charge >= 0.3 is 0 Å². The molecule has 0 aliphatic carbocycles. The van der Waals surface area contributed by atoms with Crippen molar-refractivity contribution in [1.29, 1.82) is 0 Å². The molecular formula is C20H26N2O. The first-order valence-electron chi connectivity index (χ1n) is 8.59. The van der Waals surface area contributed by atoms with Gasteiger partial charge in [0.2, 0.25) is 0 Å². The predicted molar refractivity (Wildman–Crippen MR) is 96.2 cm³/mol. The fraction of sp³-hybridized carbons (Fsp3) is 0.400. The third-order valence-corrected chi connectivity index (χ3v) is 4.42. The van der Waals surface area contributed by atoms with Crippen LogP contribution < -0.4 is 9.64 Å². The number of para-hydroxylation sites is 1. The molecule has 0 radical (unpaired) electrons. The average Bonchev–Trinajstić information content (AvgIpc) is 2.57. The highest BCUT2D eigenvalue weighted by Crippen LogP contribution is 2.18. The smallest absolute Gasteiger partial charge is 0.119 e. The first kappa shape index (κ1) is 15.9. The van der Waals surface area contributed by atoms with Gasteiger partial charge in [-0.2, -0.15) is 0 Å². The van der Waals surface area contributed by atoms with E-state index in [1.54, 1.807) is 0 Å². The van der Waals surface area contributed by atoms with Crippen molar-refractivity contribution in [3.8, 4) is 5.75 Å². The summed E-state index contributed by atoms with van der Waals surface area (Å²) in [5, 5.41) is 0. The van der Waals surface area contributed by atoms with E-state index in [1.807, 2.05) is 0 Å². The van der Waals surface area contributed by atoms with Crippen LogP contribution in [0.1, 0.15) is 18.9 Å². The number of anilines is 1. The molecule has 1 aliphatic rings. The fourth-order valence-corrected chi connectivity index (χ4v) is 2.83. The van der Waals surface area contributed by atoms with Gasteiger partial charge in [-0.15, -0.1) is 0 Å². The molecule has 23 heavy (non-hydrogen) atoms. The molecule has 0 amide bonds. The molecule has 0 spiro atoms. The largest absolute Gasteiger partial charge is 0.492 e. The van der Waals surface area contributed by atoms with Crippen molar-refractivity contribution in [2.45, 2.75) is 19.9 Å². The van der Waals surface area contributed by atoms with Crippen molar-refractivity contribution < 1.29 is 4.74 Å². The summed E-state index contributed by atoms with van der Waals surface area (Å²) in [6, 6.07) is 19.1. The van der Waals surface area contributed by atoms with Crippen molar-refractivity contribution in [1.82, 2.24) is 4.90 Å². The Morgan fingerprint density at radius 2 is 1.74 bits per heavy atom. The first-order valence-corrected chi connectivity index (χ1v) is 8.59. The van der Waals surface area contributed by atoms with E-state index in [-0.39, 0.29) is 0 Å². The molecule has 3 rings (SSSR count). The van der Waals surface area contributed by atoms with Gasteiger partial charge in [0, 0.05) is 25.3 Å². The Morgan fingerprint density at radius 3 is 2.35 bits per heavy atom. The second-order valence-corrected chi connectivity index (χ2v) is 6.04.